The summed E-state index contributed by atoms with van der Waals surface area (Å²) in [6.45, 7) is 2.04. The minimum absolute atomic E-state index is 0.0346. The molecule has 9 heteroatoms. The second-order valence-electron chi connectivity index (χ2n) is 6.25. The van der Waals surface area contributed by atoms with Crippen molar-refractivity contribution >= 4 is 23.4 Å². The van der Waals surface area contributed by atoms with Gasteiger partial charge in [0.1, 0.15) is 0 Å². The molecule has 2 aliphatic rings. The van der Waals surface area contributed by atoms with Gasteiger partial charge in [0.15, 0.2) is 0 Å². The Morgan fingerprint density at radius 3 is 3.00 bits per heavy atom. The molecule has 1 atom stereocenters. The maximum absolute atomic E-state index is 12.5. The molecule has 0 unspecified atom stereocenters. The van der Waals surface area contributed by atoms with Gasteiger partial charge < -0.3 is 4.74 Å². The maximum atomic E-state index is 12.5. The van der Waals surface area contributed by atoms with Gasteiger partial charge in [0.05, 0.1) is 30.7 Å². The smallest absolute Gasteiger partial charge is 0.253 e. The van der Waals surface area contributed by atoms with Crippen molar-refractivity contribution in [3.05, 3.63) is 35.9 Å². The van der Waals surface area contributed by atoms with Crippen LogP contribution in [0, 0.1) is 0 Å². The molecule has 0 aliphatic carbocycles. The summed E-state index contributed by atoms with van der Waals surface area (Å²) in [5.74, 6) is 0.227. The number of ether oxygens (including phenoxy) is 1. The quantitative estimate of drug-likeness (QED) is 0.716. The molecule has 26 heavy (non-hydrogen) atoms. The second-order valence-corrected chi connectivity index (χ2v) is 7.19. The normalized spacial score (nSPS) is 19.8. The zero-order valence-corrected chi connectivity index (χ0v) is 15.1. The number of amides is 1. The summed E-state index contributed by atoms with van der Waals surface area (Å²) in [6, 6.07) is 9.96. The summed E-state index contributed by atoms with van der Waals surface area (Å²) in [7, 11) is 0. The lowest BCUT2D eigenvalue weighted by Gasteiger charge is -2.12. The zero-order chi connectivity index (χ0) is 17.8. The summed E-state index contributed by atoms with van der Waals surface area (Å²) in [6.07, 6.45) is 3.03. The molecule has 1 aromatic carbocycles. The lowest BCUT2D eigenvalue weighted by molar-refractivity contribution is -0.127. The SMILES string of the molecule is O=C(CSc1nnnn1C[C@@H]1CCCO1)N1CCC(c2ccccc2)=N1. The minimum Gasteiger partial charge on any atom is -0.376 e. The third-order valence-corrected chi connectivity index (χ3v) is 5.36. The van der Waals surface area contributed by atoms with Crippen LogP contribution in [0.15, 0.2) is 40.6 Å². The first-order chi connectivity index (χ1) is 12.8. The van der Waals surface area contributed by atoms with Gasteiger partial charge in [-0.05, 0) is 28.8 Å². The Balaban J connectivity index is 1.33. The number of aromatic nitrogens is 4. The lowest BCUT2D eigenvalue weighted by atomic mass is 10.1. The summed E-state index contributed by atoms with van der Waals surface area (Å²) in [4.78, 5) is 12.5. The third kappa shape index (κ3) is 3.94. The second kappa shape index (κ2) is 7.96. The van der Waals surface area contributed by atoms with Crippen LogP contribution >= 0.6 is 11.8 Å². The Morgan fingerprint density at radius 2 is 2.19 bits per heavy atom. The fourth-order valence-corrected chi connectivity index (χ4v) is 3.82. The Bertz CT molecular complexity index is 788. The maximum Gasteiger partial charge on any atom is 0.253 e. The van der Waals surface area contributed by atoms with E-state index in [-0.39, 0.29) is 17.8 Å². The fraction of sp³-hybridized carbons (Fsp3) is 0.471. The highest BCUT2D eigenvalue weighted by atomic mass is 32.2. The number of hydrogen-bond donors (Lipinski definition) is 0. The molecule has 0 spiro atoms. The zero-order valence-electron chi connectivity index (χ0n) is 14.3. The number of rotatable bonds is 6. The first-order valence-electron chi connectivity index (χ1n) is 8.73. The Morgan fingerprint density at radius 1 is 1.31 bits per heavy atom. The van der Waals surface area contributed by atoms with Gasteiger partial charge in [0, 0.05) is 13.0 Å². The first-order valence-corrected chi connectivity index (χ1v) is 9.72. The molecule has 1 aromatic heterocycles. The minimum atomic E-state index is -0.0346. The van der Waals surface area contributed by atoms with Crippen LogP contribution in [0.3, 0.4) is 0 Å². The molecule has 1 amide bonds. The fourth-order valence-electron chi connectivity index (χ4n) is 3.07. The van der Waals surface area contributed by atoms with Gasteiger partial charge in [0.25, 0.3) is 5.91 Å². The van der Waals surface area contributed by atoms with Crippen LogP contribution in [-0.2, 0) is 16.1 Å². The van der Waals surface area contributed by atoms with Gasteiger partial charge in [-0.2, -0.15) is 5.10 Å². The molecule has 0 saturated carbocycles. The van der Waals surface area contributed by atoms with Crippen molar-refractivity contribution < 1.29 is 9.53 Å². The predicted molar refractivity (Wildman–Crippen MR) is 96.8 cm³/mol. The molecule has 0 N–H and O–H groups in total. The Kier molecular flexibility index (Phi) is 5.26. The molecule has 8 nitrogen and oxygen atoms in total. The van der Waals surface area contributed by atoms with E-state index in [2.05, 4.69) is 20.6 Å². The number of nitrogens with zero attached hydrogens (tertiary/aromatic N) is 6. The van der Waals surface area contributed by atoms with E-state index < -0.39 is 0 Å². The molecule has 0 radical (unpaired) electrons. The van der Waals surface area contributed by atoms with Crippen molar-refractivity contribution in [3.8, 4) is 0 Å². The summed E-state index contributed by atoms with van der Waals surface area (Å²) in [5, 5.41) is 18.4. The standard InChI is InChI=1S/C17H20N6O2S/c24-16(22-9-8-15(19-22)13-5-2-1-3-6-13)12-26-17-18-20-21-23(17)11-14-7-4-10-25-14/h1-3,5-6,14H,4,7-12H2/t14-/m0/s1. The van der Waals surface area contributed by atoms with Crippen molar-refractivity contribution in [1.29, 1.82) is 0 Å². The molecule has 4 rings (SSSR count). The van der Waals surface area contributed by atoms with Crippen LogP contribution in [0.25, 0.3) is 0 Å². The monoisotopic (exact) mass is 372 g/mol. The average molecular weight is 372 g/mol. The van der Waals surface area contributed by atoms with Crippen LogP contribution in [-0.4, -0.2) is 61.8 Å². The van der Waals surface area contributed by atoms with Crippen LogP contribution in [0.1, 0.15) is 24.8 Å². The van der Waals surface area contributed by atoms with Gasteiger partial charge in [-0.25, -0.2) is 9.69 Å². The highest BCUT2D eigenvalue weighted by Gasteiger charge is 2.23. The van der Waals surface area contributed by atoms with E-state index in [1.807, 2.05) is 30.3 Å². The van der Waals surface area contributed by atoms with Crippen molar-refractivity contribution in [1.82, 2.24) is 25.2 Å². The van der Waals surface area contributed by atoms with Crippen molar-refractivity contribution in [3.63, 3.8) is 0 Å². The number of carbonyl (C=O) groups is 1. The average Bonchev–Trinajstić information content (AvgIpc) is 3.43. The number of thioether (sulfide) groups is 1. The number of tetrazole rings is 1. The molecule has 1 fully saturated rings. The third-order valence-electron chi connectivity index (χ3n) is 4.42. The van der Waals surface area contributed by atoms with Gasteiger partial charge in [-0.3, -0.25) is 4.79 Å². The van der Waals surface area contributed by atoms with E-state index >= 15 is 0 Å². The highest BCUT2D eigenvalue weighted by Crippen LogP contribution is 2.20. The van der Waals surface area contributed by atoms with E-state index in [0.717, 1.165) is 37.1 Å². The molecule has 2 aliphatic heterocycles. The Labute approximate surface area is 155 Å². The van der Waals surface area contributed by atoms with E-state index in [1.165, 1.54) is 11.8 Å². The summed E-state index contributed by atoms with van der Waals surface area (Å²) in [5.41, 5.74) is 2.02. The number of benzene rings is 1. The van der Waals surface area contributed by atoms with Crippen molar-refractivity contribution in [2.45, 2.75) is 37.1 Å². The molecular formula is C17H20N6O2S. The van der Waals surface area contributed by atoms with Crippen LogP contribution in [0.2, 0.25) is 0 Å². The van der Waals surface area contributed by atoms with Gasteiger partial charge >= 0.3 is 0 Å². The van der Waals surface area contributed by atoms with Gasteiger partial charge in [-0.15, -0.1) is 5.10 Å². The van der Waals surface area contributed by atoms with Crippen LogP contribution in [0.5, 0.6) is 0 Å². The lowest BCUT2D eigenvalue weighted by Crippen LogP contribution is -2.25. The Hall–Kier alpha value is -2.26. The molecule has 2 aromatic rings. The van der Waals surface area contributed by atoms with E-state index in [1.54, 1.807) is 9.69 Å². The summed E-state index contributed by atoms with van der Waals surface area (Å²) >= 11 is 1.34. The molecule has 3 heterocycles. The molecule has 0 bridgehead atoms. The van der Waals surface area contributed by atoms with E-state index in [0.29, 0.717) is 18.2 Å². The van der Waals surface area contributed by atoms with Crippen LogP contribution < -0.4 is 0 Å². The number of carbonyl (C=O) groups excluding carboxylic acids is 1. The van der Waals surface area contributed by atoms with Gasteiger partial charge in [-0.1, -0.05) is 42.1 Å². The highest BCUT2D eigenvalue weighted by molar-refractivity contribution is 7.99. The van der Waals surface area contributed by atoms with Crippen molar-refractivity contribution in [2.24, 2.45) is 5.10 Å². The predicted octanol–water partition coefficient (Wildman–Crippen LogP) is 1.58. The van der Waals surface area contributed by atoms with E-state index in [9.17, 15) is 4.79 Å². The largest absolute Gasteiger partial charge is 0.376 e. The van der Waals surface area contributed by atoms with E-state index in [4.69, 9.17) is 4.74 Å². The van der Waals surface area contributed by atoms with Gasteiger partial charge in [0.2, 0.25) is 5.16 Å². The number of hydrazone groups is 1. The van der Waals surface area contributed by atoms with Crippen LogP contribution in [0.4, 0.5) is 0 Å². The first kappa shape index (κ1) is 17.2. The molecular weight excluding hydrogens is 352 g/mol. The molecule has 1 saturated heterocycles. The molecule has 136 valence electrons. The topological polar surface area (TPSA) is 85.5 Å². The number of hydrogen-bond acceptors (Lipinski definition) is 7. The summed E-state index contributed by atoms with van der Waals surface area (Å²) < 4.78 is 7.34. The van der Waals surface area contributed by atoms with Crippen molar-refractivity contribution in [2.75, 3.05) is 18.9 Å².